The van der Waals surface area contributed by atoms with E-state index in [0.717, 1.165) is 16.6 Å². The van der Waals surface area contributed by atoms with Crippen LogP contribution in [0.3, 0.4) is 0 Å². The number of ether oxygens (including phenoxy) is 1. The van der Waals surface area contributed by atoms with Gasteiger partial charge >= 0.3 is 5.97 Å². The quantitative estimate of drug-likeness (QED) is 0.581. The molecule has 0 bridgehead atoms. The molecule has 0 unspecified atom stereocenters. The van der Waals surface area contributed by atoms with Crippen molar-refractivity contribution in [3.05, 3.63) is 30.2 Å². The van der Waals surface area contributed by atoms with Crippen LogP contribution in [0.4, 0.5) is 5.82 Å². The lowest BCUT2D eigenvalue weighted by molar-refractivity contribution is 0.0595. The summed E-state index contributed by atoms with van der Waals surface area (Å²) < 4.78 is 6.65. The predicted octanol–water partition coefficient (Wildman–Crippen LogP) is 2.12. The second-order valence-electron chi connectivity index (χ2n) is 4.84. The number of aryl methyl sites for hydroxylation is 1. The van der Waals surface area contributed by atoms with Crippen LogP contribution in [0.15, 0.2) is 29.6 Å². The summed E-state index contributed by atoms with van der Waals surface area (Å²) in [5.74, 6) is -0.560. The molecule has 2 N–H and O–H groups in total. The minimum atomic E-state index is -0.614. The van der Waals surface area contributed by atoms with Crippen molar-refractivity contribution >= 4 is 34.6 Å². The summed E-state index contributed by atoms with van der Waals surface area (Å²) in [5.41, 5.74) is 8.96. The van der Waals surface area contributed by atoms with Gasteiger partial charge < -0.3 is 15.0 Å². The predicted molar refractivity (Wildman–Crippen MR) is 89.3 cm³/mol. The molecule has 0 radical (unpaired) electrons. The first-order valence-electron chi connectivity index (χ1n) is 6.77. The Morgan fingerprint density at radius 3 is 2.83 bits per heavy atom. The fourth-order valence-electron chi connectivity index (χ4n) is 2.35. The van der Waals surface area contributed by atoms with Gasteiger partial charge in [-0.1, -0.05) is 12.1 Å². The van der Waals surface area contributed by atoms with Crippen molar-refractivity contribution < 1.29 is 9.53 Å². The first-order valence-corrected chi connectivity index (χ1v) is 7.99. The number of rotatable bonds is 3. The number of nitrogen functional groups attached to an aromatic ring is 1. The number of imidazole rings is 1. The lowest BCUT2D eigenvalue weighted by Gasteiger charge is -2.10. The van der Waals surface area contributed by atoms with Gasteiger partial charge in [0.15, 0.2) is 11.5 Å². The average molecular weight is 329 g/mol. The van der Waals surface area contributed by atoms with Gasteiger partial charge in [-0.15, -0.1) is 11.8 Å². The largest absolute Gasteiger partial charge is 0.464 e. The van der Waals surface area contributed by atoms with Gasteiger partial charge in [-0.3, -0.25) is 0 Å². The van der Waals surface area contributed by atoms with Gasteiger partial charge in [-0.05, 0) is 12.3 Å². The Bertz CT molecular complexity index is 906. The average Bonchev–Trinajstić information content (AvgIpc) is 2.95. The zero-order chi connectivity index (χ0) is 16.6. The number of esters is 1. The van der Waals surface area contributed by atoms with E-state index in [1.165, 1.54) is 18.9 Å². The van der Waals surface area contributed by atoms with Crippen molar-refractivity contribution in [2.45, 2.75) is 5.03 Å². The summed E-state index contributed by atoms with van der Waals surface area (Å²) in [7, 11) is 3.20. The Morgan fingerprint density at radius 1 is 1.35 bits per heavy atom. The number of fused-ring (bicyclic) bond motifs is 1. The molecular formula is C15H15N5O2S. The Morgan fingerprint density at radius 2 is 2.13 bits per heavy atom. The molecule has 0 fully saturated rings. The zero-order valence-corrected chi connectivity index (χ0v) is 13.7. The molecule has 0 aliphatic heterocycles. The zero-order valence-electron chi connectivity index (χ0n) is 12.9. The van der Waals surface area contributed by atoms with E-state index in [1.807, 2.05) is 36.1 Å². The summed E-state index contributed by atoms with van der Waals surface area (Å²) in [6, 6.07) is 5.78. The Hall–Kier alpha value is -2.61. The third-order valence-corrected chi connectivity index (χ3v) is 4.14. The standard InChI is InChI=1S/C15H15N5O2S/c1-20-7-17-10-8(5-4-6-9(10)20)11-14(23-3)19-13(16)12(18-11)15(21)22-2/h4-7H,1-3H3,(H2,16,19). The second-order valence-corrected chi connectivity index (χ2v) is 5.63. The highest BCUT2D eigenvalue weighted by Gasteiger charge is 2.20. The van der Waals surface area contributed by atoms with Crippen molar-refractivity contribution in [1.82, 2.24) is 19.5 Å². The van der Waals surface area contributed by atoms with E-state index in [1.54, 1.807) is 6.33 Å². The smallest absolute Gasteiger partial charge is 0.360 e. The Balaban J connectivity index is 2.31. The SMILES string of the molecule is COC(=O)c1nc(-c2cccc3c2ncn3C)c(SC)nc1N. The van der Waals surface area contributed by atoms with Gasteiger partial charge in [0.25, 0.3) is 0 Å². The van der Waals surface area contributed by atoms with E-state index >= 15 is 0 Å². The molecule has 8 heteroatoms. The van der Waals surface area contributed by atoms with E-state index < -0.39 is 5.97 Å². The molecular weight excluding hydrogens is 314 g/mol. The first-order chi connectivity index (χ1) is 11.1. The highest BCUT2D eigenvalue weighted by Crippen LogP contribution is 2.33. The second kappa shape index (κ2) is 5.88. The number of nitrogens with zero attached hydrogens (tertiary/aromatic N) is 4. The lowest BCUT2D eigenvalue weighted by atomic mass is 10.1. The third-order valence-electron chi connectivity index (χ3n) is 3.47. The maximum Gasteiger partial charge on any atom is 0.360 e. The van der Waals surface area contributed by atoms with E-state index in [-0.39, 0.29) is 11.5 Å². The molecule has 0 saturated carbocycles. The molecule has 118 valence electrons. The molecule has 3 rings (SSSR count). The van der Waals surface area contributed by atoms with Gasteiger partial charge in [-0.2, -0.15) is 0 Å². The van der Waals surface area contributed by atoms with E-state index in [2.05, 4.69) is 15.0 Å². The van der Waals surface area contributed by atoms with Crippen molar-refractivity contribution in [2.24, 2.45) is 7.05 Å². The van der Waals surface area contributed by atoms with E-state index in [9.17, 15) is 4.79 Å². The number of methoxy groups -OCH3 is 1. The summed E-state index contributed by atoms with van der Waals surface area (Å²) >= 11 is 1.41. The molecule has 0 saturated heterocycles. The van der Waals surface area contributed by atoms with Gasteiger partial charge in [0.05, 0.1) is 24.5 Å². The molecule has 7 nitrogen and oxygen atoms in total. The minimum absolute atomic E-state index is 0.00762. The van der Waals surface area contributed by atoms with Crippen LogP contribution in [0.1, 0.15) is 10.5 Å². The summed E-state index contributed by atoms with van der Waals surface area (Å²) in [6.07, 6.45) is 3.61. The maximum absolute atomic E-state index is 11.9. The number of carbonyl (C=O) groups excluding carboxylic acids is 1. The summed E-state index contributed by atoms with van der Waals surface area (Å²) in [5, 5.41) is 0.633. The van der Waals surface area contributed by atoms with Gasteiger partial charge in [0, 0.05) is 12.6 Å². The molecule has 0 amide bonds. The van der Waals surface area contributed by atoms with Crippen LogP contribution in [-0.2, 0) is 11.8 Å². The van der Waals surface area contributed by atoms with E-state index in [0.29, 0.717) is 10.7 Å². The summed E-state index contributed by atoms with van der Waals surface area (Å²) in [6.45, 7) is 0. The van der Waals surface area contributed by atoms with Crippen LogP contribution >= 0.6 is 11.8 Å². The number of aromatic nitrogens is 4. The number of hydrogen-bond donors (Lipinski definition) is 1. The number of hydrogen-bond acceptors (Lipinski definition) is 7. The number of thioether (sulfide) groups is 1. The lowest BCUT2D eigenvalue weighted by Crippen LogP contribution is -2.12. The van der Waals surface area contributed by atoms with Crippen LogP contribution in [0.2, 0.25) is 0 Å². The Labute approximate surface area is 136 Å². The highest BCUT2D eigenvalue weighted by atomic mass is 32.2. The van der Waals surface area contributed by atoms with Crippen molar-refractivity contribution in [3.8, 4) is 11.3 Å². The van der Waals surface area contributed by atoms with Crippen LogP contribution in [0.5, 0.6) is 0 Å². The number of nitrogens with two attached hydrogens (primary N) is 1. The topological polar surface area (TPSA) is 95.9 Å². The van der Waals surface area contributed by atoms with Crippen molar-refractivity contribution in [3.63, 3.8) is 0 Å². The van der Waals surface area contributed by atoms with Gasteiger partial charge in [0.2, 0.25) is 0 Å². The number of anilines is 1. The molecule has 0 spiro atoms. The first kappa shape index (κ1) is 15.3. The molecule has 1 aromatic carbocycles. The minimum Gasteiger partial charge on any atom is -0.464 e. The van der Waals surface area contributed by atoms with E-state index in [4.69, 9.17) is 10.5 Å². The van der Waals surface area contributed by atoms with Crippen LogP contribution in [0, 0.1) is 0 Å². The molecule has 2 aromatic heterocycles. The third kappa shape index (κ3) is 2.50. The number of para-hydroxylation sites is 1. The highest BCUT2D eigenvalue weighted by molar-refractivity contribution is 7.98. The maximum atomic E-state index is 11.9. The van der Waals surface area contributed by atoms with Gasteiger partial charge in [0.1, 0.15) is 10.7 Å². The monoisotopic (exact) mass is 329 g/mol. The van der Waals surface area contributed by atoms with Crippen LogP contribution < -0.4 is 5.73 Å². The molecule has 0 atom stereocenters. The fourth-order valence-corrected chi connectivity index (χ4v) is 2.88. The van der Waals surface area contributed by atoms with Gasteiger partial charge in [-0.25, -0.2) is 19.7 Å². The molecule has 0 aliphatic rings. The van der Waals surface area contributed by atoms with Crippen molar-refractivity contribution in [1.29, 1.82) is 0 Å². The normalized spacial score (nSPS) is 10.9. The number of carbonyl (C=O) groups is 1. The molecule has 0 aliphatic carbocycles. The van der Waals surface area contributed by atoms with Crippen LogP contribution in [-0.4, -0.2) is 38.9 Å². The molecule has 3 aromatic rings. The molecule has 23 heavy (non-hydrogen) atoms. The molecule has 2 heterocycles. The van der Waals surface area contributed by atoms with Crippen LogP contribution in [0.25, 0.3) is 22.3 Å². The Kier molecular flexibility index (Phi) is 3.91. The van der Waals surface area contributed by atoms with Crippen molar-refractivity contribution in [2.75, 3.05) is 19.1 Å². The number of benzene rings is 1. The fraction of sp³-hybridized carbons (Fsp3) is 0.200. The summed E-state index contributed by atoms with van der Waals surface area (Å²) in [4.78, 5) is 25.0.